The maximum atomic E-state index is 13.6. The molecule has 0 radical (unpaired) electrons. The van der Waals surface area contributed by atoms with Gasteiger partial charge < -0.3 is 10.2 Å². The van der Waals surface area contributed by atoms with Crippen molar-refractivity contribution in [3.63, 3.8) is 0 Å². The molecule has 0 aromatic heterocycles. The molecular formula is C28H30Cl2N2O2S. The van der Waals surface area contributed by atoms with Gasteiger partial charge in [0.1, 0.15) is 6.04 Å². The fourth-order valence-electron chi connectivity index (χ4n) is 3.60. The minimum atomic E-state index is -0.686. The van der Waals surface area contributed by atoms with Gasteiger partial charge in [0.25, 0.3) is 0 Å². The molecule has 3 rings (SSSR count). The van der Waals surface area contributed by atoms with E-state index in [2.05, 4.69) is 5.32 Å². The minimum absolute atomic E-state index is 0.130. The molecular weight excluding hydrogens is 499 g/mol. The maximum absolute atomic E-state index is 13.6. The van der Waals surface area contributed by atoms with Crippen molar-refractivity contribution in [3.05, 3.63) is 100 Å². The first-order valence-electron chi connectivity index (χ1n) is 11.4. The summed E-state index contributed by atoms with van der Waals surface area (Å²) in [6.07, 6.45) is 0.403. The fraction of sp³-hybridized carbons (Fsp3) is 0.286. The second-order valence-corrected chi connectivity index (χ2v) is 11.3. The molecule has 0 spiro atoms. The van der Waals surface area contributed by atoms with E-state index >= 15 is 0 Å². The molecule has 2 amide bonds. The number of hydrogen-bond donors (Lipinski definition) is 1. The van der Waals surface area contributed by atoms with Gasteiger partial charge in [-0.1, -0.05) is 65.7 Å². The zero-order valence-corrected chi connectivity index (χ0v) is 22.5. The highest BCUT2D eigenvalue weighted by Gasteiger charge is 2.32. The molecule has 184 valence electrons. The van der Waals surface area contributed by atoms with Crippen molar-refractivity contribution in [2.75, 3.05) is 5.75 Å². The molecule has 0 heterocycles. The highest BCUT2D eigenvalue weighted by Crippen LogP contribution is 2.23. The van der Waals surface area contributed by atoms with Gasteiger partial charge in [-0.25, -0.2) is 0 Å². The van der Waals surface area contributed by atoms with Crippen LogP contribution >= 0.6 is 35.0 Å². The summed E-state index contributed by atoms with van der Waals surface area (Å²) in [5.74, 6) is -0.126. The van der Waals surface area contributed by atoms with Crippen molar-refractivity contribution in [2.24, 2.45) is 0 Å². The molecule has 0 bridgehead atoms. The fourth-order valence-corrected chi connectivity index (χ4v) is 4.72. The summed E-state index contributed by atoms with van der Waals surface area (Å²) in [4.78, 5) is 29.8. The van der Waals surface area contributed by atoms with E-state index in [1.165, 1.54) is 11.8 Å². The Morgan fingerprint density at radius 3 is 2.17 bits per heavy atom. The molecule has 0 saturated carbocycles. The standard InChI is InChI=1S/C28H30Cl2N2O2S/c1-28(2,3)31-27(34)25(17-20-8-5-4-6-9-20)32(18-21-10-7-11-23(30)16-21)26(33)19-35-24-14-12-22(29)13-15-24/h4-16,25H,17-19H2,1-3H3,(H,31,34)/t25-/m1/s1. The molecule has 0 aliphatic rings. The molecule has 0 aliphatic heterocycles. The first-order valence-corrected chi connectivity index (χ1v) is 13.1. The van der Waals surface area contributed by atoms with Gasteiger partial charge in [-0.05, 0) is 68.3 Å². The summed E-state index contributed by atoms with van der Waals surface area (Å²) >= 11 is 13.6. The van der Waals surface area contributed by atoms with Gasteiger partial charge in [-0.2, -0.15) is 0 Å². The molecule has 0 saturated heterocycles. The molecule has 7 heteroatoms. The Labute approximate surface area is 222 Å². The molecule has 0 aliphatic carbocycles. The Morgan fingerprint density at radius 2 is 1.54 bits per heavy atom. The summed E-state index contributed by atoms with van der Waals surface area (Å²) in [5, 5.41) is 4.30. The van der Waals surface area contributed by atoms with Gasteiger partial charge in [0.05, 0.1) is 5.75 Å². The lowest BCUT2D eigenvalue weighted by atomic mass is 10.0. The number of thioether (sulfide) groups is 1. The predicted octanol–water partition coefficient (Wildman–Crippen LogP) is 6.64. The van der Waals surface area contributed by atoms with Gasteiger partial charge in [-0.15, -0.1) is 11.8 Å². The SMILES string of the molecule is CC(C)(C)NC(=O)[C@@H](Cc1ccccc1)N(Cc1cccc(Cl)c1)C(=O)CSc1ccc(Cl)cc1. The smallest absolute Gasteiger partial charge is 0.243 e. The second kappa shape index (κ2) is 12.5. The van der Waals surface area contributed by atoms with Gasteiger partial charge >= 0.3 is 0 Å². The van der Waals surface area contributed by atoms with Crippen LogP contribution in [0.15, 0.2) is 83.8 Å². The quantitative estimate of drug-likeness (QED) is 0.316. The van der Waals surface area contributed by atoms with E-state index in [9.17, 15) is 9.59 Å². The lowest BCUT2D eigenvalue weighted by molar-refractivity contribution is -0.140. The first kappa shape index (κ1) is 27.1. The summed E-state index contributed by atoms with van der Waals surface area (Å²) in [6.45, 7) is 6.08. The number of rotatable bonds is 9. The first-order chi connectivity index (χ1) is 16.6. The van der Waals surface area contributed by atoms with Crippen LogP contribution in [0.25, 0.3) is 0 Å². The van der Waals surface area contributed by atoms with Crippen LogP contribution in [0.5, 0.6) is 0 Å². The third-order valence-electron chi connectivity index (χ3n) is 5.19. The van der Waals surface area contributed by atoms with E-state index in [-0.39, 0.29) is 24.1 Å². The number of hydrogen-bond acceptors (Lipinski definition) is 3. The second-order valence-electron chi connectivity index (χ2n) is 9.34. The van der Waals surface area contributed by atoms with Crippen LogP contribution in [0, 0.1) is 0 Å². The van der Waals surface area contributed by atoms with Crippen LogP contribution in [-0.2, 0) is 22.6 Å². The van der Waals surface area contributed by atoms with E-state index in [1.54, 1.807) is 23.1 Å². The van der Waals surface area contributed by atoms with Crippen LogP contribution in [-0.4, -0.2) is 34.0 Å². The number of nitrogens with zero attached hydrogens (tertiary/aromatic N) is 1. The lowest BCUT2D eigenvalue weighted by Crippen LogP contribution is -2.54. The highest BCUT2D eigenvalue weighted by atomic mass is 35.5. The Bertz CT molecular complexity index is 1130. The van der Waals surface area contributed by atoms with E-state index < -0.39 is 11.6 Å². The van der Waals surface area contributed by atoms with Crippen LogP contribution in [0.3, 0.4) is 0 Å². The summed E-state index contributed by atoms with van der Waals surface area (Å²) in [5.41, 5.74) is 1.41. The number of halogens is 2. The topological polar surface area (TPSA) is 49.4 Å². The van der Waals surface area contributed by atoms with Crippen molar-refractivity contribution in [2.45, 2.75) is 50.2 Å². The zero-order chi connectivity index (χ0) is 25.4. The third-order valence-corrected chi connectivity index (χ3v) is 6.67. The average Bonchev–Trinajstić information content (AvgIpc) is 2.80. The molecule has 3 aromatic carbocycles. The van der Waals surface area contributed by atoms with Crippen LogP contribution in [0.1, 0.15) is 31.9 Å². The van der Waals surface area contributed by atoms with Gasteiger partial charge in [-0.3, -0.25) is 9.59 Å². The summed E-state index contributed by atoms with van der Waals surface area (Å²) in [6, 6.07) is 23.8. The van der Waals surface area contributed by atoms with Crippen molar-refractivity contribution < 1.29 is 9.59 Å². The van der Waals surface area contributed by atoms with Gasteiger partial charge in [0, 0.05) is 33.4 Å². The molecule has 1 atom stereocenters. The van der Waals surface area contributed by atoms with E-state index in [1.807, 2.05) is 81.4 Å². The Balaban J connectivity index is 1.92. The van der Waals surface area contributed by atoms with Crippen molar-refractivity contribution >= 4 is 46.8 Å². The minimum Gasteiger partial charge on any atom is -0.350 e. The molecule has 1 N–H and O–H groups in total. The molecule has 0 fully saturated rings. The average molecular weight is 530 g/mol. The maximum Gasteiger partial charge on any atom is 0.243 e. The van der Waals surface area contributed by atoms with E-state index in [0.717, 1.165) is 16.0 Å². The van der Waals surface area contributed by atoms with E-state index in [0.29, 0.717) is 16.5 Å². The highest BCUT2D eigenvalue weighted by molar-refractivity contribution is 8.00. The molecule has 35 heavy (non-hydrogen) atoms. The number of carbonyl (C=O) groups excluding carboxylic acids is 2. The zero-order valence-electron chi connectivity index (χ0n) is 20.1. The van der Waals surface area contributed by atoms with Gasteiger partial charge in [0.15, 0.2) is 0 Å². The summed E-state index contributed by atoms with van der Waals surface area (Å²) < 4.78 is 0. The normalized spacial score (nSPS) is 12.1. The summed E-state index contributed by atoms with van der Waals surface area (Å²) in [7, 11) is 0. The van der Waals surface area contributed by atoms with Crippen LogP contribution < -0.4 is 5.32 Å². The van der Waals surface area contributed by atoms with E-state index in [4.69, 9.17) is 23.2 Å². The monoisotopic (exact) mass is 528 g/mol. The Hall–Kier alpha value is -2.47. The lowest BCUT2D eigenvalue weighted by Gasteiger charge is -2.34. The number of amides is 2. The molecule has 0 unspecified atom stereocenters. The largest absolute Gasteiger partial charge is 0.350 e. The third kappa shape index (κ3) is 8.92. The van der Waals surface area contributed by atoms with Crippen molar-refractivity contribution in [3.8, 4) is 0 Å². The number of carbonyl (C=O) groups is 2. The number of benzene rings is 3. The van der Waals surface area contributed by atoms with Gasteiger partial charge in [0.2, 0.25) is 11.8 Å². The van der Waals surface area contributed by atoms with Crippen molar-refractivity contribution in [1.29, 1.82) is 0 Å². The predicted molar refractivity (Wildman–Crippen MR) is 146 cm³/mol. The van der Waals surface area contributed by atoms with Crippen LogP contribution in [0.4, 0.5) is 0 Å². The molecule has 4 nitrogen and oxygen atoms in total. The Kier molecular flexibility index (Phi) is 9.67. The van der Waals surface area contributed by atoms with Crippen LogP contribution in [0.2, 0.25) is 10.0 Å². The number of nitrogens with one attached hydrogen (secondary N) is 1. The van der Waals surface area contributed by atoms with Crippen molar-refractivity contribution in [1.82, 2.24) is 10.2 Å². The Morgan fingerprint density at radius 1 is 0.886 bits per heavy atom. The molecule has 3 aromatic rings.